The molecule has 5 rings (SSSR count). The average Bonchev–Trinajstić information content (AvgIpc) is 2.95. The van der Waals surface area contributed by atoms with Gasteiger partial charge in [-0.05, 0) is 75.2 Å². The minimum Gasteiger partial charge on any atom is -0.494 e. The normalized spacial score (nSPS) is 11.3. The lowest BCUT2D eigenvalue weighted by Crippen LogP contribution is -2.25. The Bertz CT molecular complexity index is 1800. The fourth-order valence-electron chi connectivity index (χ4n) is 4.86. The number of nitrogens with two attached hydrogens (primary N) is 1. The van der Waals surface area contributed by atoms with Crippen LogP contribution in [-0.2, 0) is 6.42 Å². The fourth-order valence-corrected chi connectivity index (χ4v) is 4.86. The van der Waals surface area contributed by atoms with E-state index >= 15 is 0 Å². The first-order valence-electron chi connectivity index (χ1n) is 13.5. The van der Waals surface area contributed by atoms with Crippen LogP contribution in [-0.4, -0.2) is 38.2 Å². The van der Waals surface area contributed by atoms with Crippen LogP contribution in [0.4, 0.5) is 11.8 Å². The minimum atomic E-state index is -0.0610. The second-order valence-corrected chi connectivity index (χ2v) is 9.81. The Morgan fingerprint density at radius 2 is 1.73 bits per heavy atom. The number of rotatable bonds is 9. The number of anilines is 2. The maximum atomic E-state index is 13.7. The second-order valence-electron chi connectivity index (χ2n) is 9.81. The van der Waals surface area contributed by atoms with Crippen LogP contribution in [0.25, 0.3) is 28.7 Å². The lowest BCUT2D eigenvalue weighted by atomic mass is 10.1. The molecule has 0 bridgehead atoms. The Kier molecular flexibility index (Phi) is 8.05. The lowest BCUT2D eigenvalue weighted by Gasteiger charge is -2.15. The van der Waals surface area contributed by atoms with E-state index in [1.807, 2.05) is 93.6 Å². The third kappa shape index (κ3) is 5.94. The third-order valence-electron chi connectivity index (χ3n) is 6.87. The van der Waals surface area contributed by atoms with Crippen LogP contribution in [0.15, 0.2) is 65.5 Å². The number of methoxy groups -OCH3 is 1. The SMILES string of the molecule is COc1ccc(C)nc1/C=C/c1c(C)nc(N)nc1NCCCc1nc2cccc(C)c2c(=O)n1-c1ccccc1. The van der Waals surface area contributed by atoms with Gasteiger partial charge in [0, 0.05) is 24.2 Å². The van der Waals surface area contributed by atoms with Gasteiger partial charge in [0.15, 0.2) is 0 Å². The highest BCUT2D eigenvalue weighted by atomic mass is 16.5. The quantitative estimate of drug-likeness (QED) is 0.239. The molecule has 208 valence electrons. The van der Waals surface area contributed by atoms with Crippen LogP contribution >= 0.6 is 0 Å². The highest BCUT2D eigenvalue weighted by Gasteiger charge is 2.15. The average molecular weight is 548 g/mol. The van der Waals surface area contributed by atoms with Crippen LogP contribution < -0.4 is 21.3 Å². The van der Waals surface area contributed by atoms with Gasteiger partial charge < -0.3 is 15.8 Å². The summed E-state index contributed by atoms with van der Waals surface area (Å²) < 4.78 is 7.18. The maximum absolute atomic E-state index is 13.7. The van der Waals surface area contributed by atoms with Crippen LogP contribution in [0.5, 0.6) is 5.75 Å². The first-order chi connectivity index (χ1) is 19.9. The number of hydrogen-bond acceptors (Lipinski definition) is 8. The molecule has 5 aromatic rings. The molecular weight excluding hydrogens is 514 g/mol. The monoisotopic (exact) mass is 547 g/mol. The van der Waals surface area contributed by atoms with Gasteiger partial charge in [-0.3, -0.25) is 9.36 Å². The van der Waals surface area contributed by atoms with Crippen molar-refractivity contribution in [2.24, 2.45) is 0 Å². The van der Waals surface area contributed by atoms with Crippen molar-refractivity contribution in [1.82, 2.24) is 24.5 Å². The van der Waals surface area contributed by atoms with Crippen LogP contribution in [0.1, 0.15) is 40.5 Å². The van der Waals surface area contributed by atoms with E-state index in [-0.39, 0.29) is 11.5 Å². The molecule has 0 radical (unpaired) electrons. The lowest BCUT2D eigenvalue weighted by molar-refractivity contribution is 0.411. The summed E-state index contributed by atoms with van der Waals surface area (Å²) >= 11 is 0. The highest BCUT2D eigenvalue weighted by Crippen LogP contribution is 2.24. The van der Waals surface area contributed by atoms with E-state index in [0.717, 1.165) is 28.2 Å². The first kappa shape index (κ1) is 27.5. The largest absolute Gasteiger partial charge is 0.494 e. The number of nitrogens with zero attached hydrogens (tertiary/aromatic N) is 5. The van der Waals surface area contributed by atoms with E-state index in [4.69, 9.17) is 15.5 Å². The van der Waals surface area contributed by atoms with Crippen LogP contribution in [0, 0.1) is 20.8 Å². The molecule has 0 amide bonds. The summed E-state index contributed by atoms with van der Waals surface area (Å²) in [6, 6.07) is 19.2. The topological polar surface area (TPSA) is 121 Å². The van der Waals surface area contributed by atoms with Gasteiger partial charge in [-0.15, -0.1) is 0 Å². The molecule has 9 nitrogen and oxygen atoms in total. The third-order valence-corrected chi connectivity index (χ3v) is 6.87. The molecule has 0 atom stereocenters. The summed E-state index contributed by atoms with van der Waals surface area (Å²) in [5.41, 5.74) is 11.5. The molecule has 3 N–H and O–H groups in total. The van der Waals surface area contributed by atoms with E-state index in [1.165, 1.54) is 0 Å². The van der Waals surface area contributed by atoms with Gasteiger partial charge >= 0.3 is 0 Å². The van der Waals surface area contributed by atoms with E-state index in [0.29, 0.717) is 53.4 Å². The molecule has 0 unspecified atom stereocenters. The van der Waals surface area contributed by atoms with Gasteiger partial charge in [0.1, 0.15) is 23.1 Å². The number of hydrogen-bond donors (Lipinski definition) is 2. The molecule has 9 heteroatoms. The molecule has 0 aliphatic heterocycles. The van der Waals surface area contributed by atoms with Crippen molar-refractivity contribution < 1.29 is 4.74 Å². The number of fused-ring (bicyclic) bond motifs is 1. The Morgan fingerprint density at radius 3 is 2.51 bits per heavy atom. The van der Waals surface area contributed by atoms with E-state index in [2.05, 4.69) is 20.3 Å². The predicted molar refractivity (Wildman–Crippen MR) is 165 cm³/mol. The molecule has 3 heterocycles. The fraction of sp³-hybridized carbons (Fsp3) is 0.219. The van der Waals surface area contributed by atoms with Gasteiger partial charge in [-0.25, -0.2) is 15.0 Å². The van der Waals surface area contributed by atoms with Crippen molar-refractivity contribution in [3.05, 3.63) is 105 Å². The summed E-state index contributed by atoms with van der Waals surface area (Å²) in [5.74, 6) is 2.20. The smallest absolute Gasteiger partial charge is 0.266 e. The van der Waals surface area contributed by atoms with Crippen molar-refractivity contribution in [2.45, 2.75) is 33.6 Å². The van der Waals surface area contributed by atoms with Gasteiger partial charge in [-0.1, -0.05) is 30.3 Å². The van der Waals surface area contributed by atoms with Crippen molar-refractivity contribution in [1.29, 1.82) is 0 Å². The van der Waals surface area contributed by atoms with Crippen molar-refractivity contribution in [2.75, 3.05) is 24.7 Å². The number of pyridine rings is 1. The minimum absolute atomic E-state index is 0.0610. The van der Waals surface area contributed by atoms with Crippen molar-refractivity contribution in [3.8, 4) is 11.4 Å². The number of aromatic nitrogens is 5. The molecule has 2 aromatic carbocycles. The van der Waals surface area contributed by atoms with Crippen molar-refractivity contribution >= 4 is 34.8 Å². The standard InChI is InChI=1S/C32H33N7O2/c1-20-10-8-13-26-29(20)31(40)39(23-11-6-5-7-12-23)28(37-26)14-9-19-34-30-24(22(3)36-32(33)38-30)16-17-25-27(41-4)18-15-21(2)35-25/h5-8,10-13,15-18H,9,14,19H2,1-4H3,(H3,33,34,36,38)/b17-16+. The molecule has 0 aliphatic rings. The summed E-state index contributed by atoms with van der Waals surface area (Å²) in [4.78, 5) is 32.0. The van der Waals surface area contributed by atoms with Gasteiger partial charge in [0.2, 0.25) is 5.95 Å². The molecule has 0 fully saturated rings. The van der Waals surface area contributed by atoms with Gasteiger partial charge in [0.25, 0.3) is 5.56 Å². The number of nitrogens with one attached hydrogen (secondary N) is 1. The Morgan fingerprint density at radius 1 is 0.927 bits per heavy atom. The number of ether oxygens (including phenoxy) is 1. The van der Waals surface area contributed by atoms with Gasteiger partial charge in [-0.2, -0.15) is 4.98 Å². The summed E-state index contributed by atoms with van der Waals surface area (Å²) in [6.45, 7) is 6.35. The van der Waals surface area contributed by atoms with Gasteiger partial charge in [0.05, 0.1) is 29.4 Å². The molecule has 0 aliphatic carbocycles. The molecule has 41 heavy (non-hydrogen) atoms. The van der Waals surface area contributed by atoms with Crippen LogP contribution in [0.3, 0.4) is 0 Å². The van der Waals surface area contributed by atoms with Crippen molar-refractivity contribution in [3.63, 3.8) is 0 Å². The number of para-hydroxylation sites is 1. The molecule has 0 saturated heterocycles. The summed E-state index contributed by atoms with van der Waals surface area (Å²) in [5, 5.41) is 4.05. The molecule has 0 saturated carbocycles. The molecule has 0 spiro atoms. The second kappa shape index (κ2) is 12.0. The first-order valence-corrected chi connectivity index (χ1v) is 13.5. The number of benzene rings is 2. The van der Waals surface area contributed by atoms with E-state index in [9.17, 15) is 4.79 Å². The zero-order chi connectivity index (χ0) is 28.9. The number of nitrogen functional groups attached to an aromatic ring is 1. The maximum Gasteiger partial charge on any atom is 0.266 e. The summed E-state index contributed by atoms with van der Waals surface area (Å²) in [6.07, 6.45) is 5.09. The Labute approximate surface area is 238 Å². The Hall–Kier alpha value is -5.05. The zero-order valence-electron chi connectivity index (χ0n) is 23.7. The highest BCUT2D eigenvalue weighted by molar-refractivity contribution is 5.81. The zero-order valence-corrected chi connectivity index (χ0v) is 23.7. The van der Waals surface area contributed by atoms with E-state index in [1.54, 1.807) is 11.7 Å². The number of aryl methyl sites for hydroxylation is 4. The molecular formula is C32H33N7O2. The van der Waals surface area contributed by atoms with Crippen LogP contribution in [0.2, 0.25) is 0 Å². The summed E-state index contributed by atoms with van der Waals surface area (Å²) in [7, 11) is 1.62. The molecule has 3 aromatic heterocycles. The predicted octanol–water partition coefficient (Wildman–Crippen LogP) is 5.30. The van der Waals surface area contributed by atoms with E-state index < -0.39 is 0 Å². The Balaban J connectivity index is 1.40.